The molecule has 0 unspecified atom stereocenters. The van der Waals surface area contributed by atoms with Gasteiger partial charge >= 0.3 is 0 Å². The number of hydrogen-bond acceptors (Lipinski definition) is 3. The summed E-state index contributed by atoms with van der Waals surface area (Å²) in [7, 11) is 1.54. The van der Waals surface area contributed by atoms with E-state index in [0.29, 0.717) is 5.69 Å². The fourth-order valence-corrected chi connectivity index (χ4v) is 1.83. The van der Waals surface area contributed by atoms with Gasteiger partial charge in [0.1, 0.15) is 5.84 Å². The maximum atomic E-state index is 11.7. The predicted octanol–water partition coefficient (Wildman–Crippen LogP) is 1.49. The van der Waals surface area contributed by atoms with E-state index >= 15 is 0 Å². The number of amidine groups is 1. The Hall–Kier alpha value is -1.95. The maximum Gasteiger partial charge on any atom is 0.277 e. The molecule has 3 N–H and O–H groups in total. The van der Waals surface area contributed by atoms with Crippen molar-refractivity contribution >= 4 is 21.8 Å². The predicted molar refractivity (Wildman–Crippen MR) is 73.6 cm³/mol. The van der Waals surface area contributed by atoms with Crippen LogP contribution < -0.4 is 11.3 Å². The molecule has 0 aliphatic heterocycles. The fraction of sp³-hybridized carbons (Fsp3) is 0.0833. The topological polar surface area (TPSA) is 84.8 Å². The number of aryl methyl sites for hydroxylation is 1. The molecule has 0 saturated carbocycles. The van der Waals surface area contributed by atoms with Crippen LogP contribution in [-0.2, 0) is 7.05 Å². The van der Waals surface area contributed by atoms with Gasteiger partial charge in [-0.05, 0) is 18.2 Å². The number of nitrogens with two attached hydrogens (primary N) is 1. The molecule has 5 nitrogen and oxygen atoms in total. The summed E-state index contributed by atoms with van der Waals surface area (Å²) < 4.78 is 2.15. The molecule has 18 heavy (non-hydrogen) atoms. The minimum absolute atomic E-state index is 0.158. The van der Waals surface area contributed by atoms with Gasteiger partial charge in [-0.25, -0.2) is 4.68 Å². The second-order valence-corrected chi connectivity index (χ2v) is 4.71. The standard InChI is InChI=1S/C12H11BrN4O/c1-17-12(18)9(11(14)15)6-10(16-17)7-2-4-8(13)5-3-7/h2-6H,1H3,(H3,14,15). The molecule has 2 aromatic rings. The molecule has 1 heterocycles. The minimum Gasteiger partial charge on any atom is -0.384 e. The van der Waals surface area contributed by atoms with Crippen LogP contribution in [0.5, 0.6) is 0 Å². The van der Waals surface area contributed by atoms with E-state index in [1.807, 2.05) is 24.3 Å². The Morgan fingerprint density at radius 1 is 1.39 bits per heavy atom. The molecule has 0 aliphatic rings. The van der Waals surface area contributed by atoms with Gasteiger partial charge in [0.2, 0.25) is 0 Å². The van der Waals surface area contributed by atoms with E-state index in [4.69, 9.17) is 11.1 Å². The number of aromatic nitrogens is 2. The number of nitrogen functional groups attached to an aromatic ring is 1. The Balaban J connectivity index is 2.62. The minimum atomic E-state index is -0.372. The van der Waals surface area contributed by atoms with E-state index in [1.54, 1.807) is 0 Å². The Kier molecular flexibility index (Phi) is 3.29. The number of benzene rings is 1. The summed E-state index contributed by atoms with van der Waals surface area (Å²) >= 11 is 3.35. The summed E-state index contributed by atoms with van der Waals surface area (Å²) in [5, 5.41) is 11.5. The summed E-state index contributed by atoms with van der Waals surface area (Å²) in [6.45, 7) is 0. The summed E-state index contributed by atoms with van der Waals surface area (Å²) in [4.78, 5) is 11.7. The highest BCUT2D eigenvalue weighted by molar-refractivity contribution is 9.10. The quantitative estimate of drug-likeness (QED) is 0.651. The van der Waals surface area contributed by atoms with Gasteiger partial charge in [-0.3, -0.25) is 10.2 Å². The zero-order valence-corrected chi connectivity index (χ0v) is 11.2. The molecular formula is C12H11BrN4O. The largest absolute Gasteiger partial charge is 0.384 e. The van der Waals surface area contributed by atoms with E-state index in [0.717, 1.165) is 10.0 Å². The first-order valence-corrected chi connectivity index (χ1v) is 5.97. The van der Waals surface area contributed by atoms with Gasteiger partial charge in [-0.15, -0.1) is 0 Å². The third-order valence-electron chi connectivity index (χ3n) is 2.49. The highest BCUT2D eigenvalue weighted by Gasteiger charge is 2.09. The van der Waals surface area contributed by atoms with Gasteiger partial charge < -0.3 is 5.73 Å². The summed E-state index contributed by atoms with van der Waals surface area (Å²) in [5.74, 6) is -0.253. The van der Waals surface area contributed by atoms with Crippen molar-refractivity contribution in [2.24, 2.45) is 12.8 Å². The molecule has 92 valence electrons. The molecule has 2 rings (SSSR count). The lowest BCUT2D eigenvalue weighted by atomic mass is 10.1. The van der Waals surface area contributed by atoms with Crippen molar-refractivity contribution in [3.8, 4) is 11.3 Å². The second-order valence-electron chi connectivity index (χ2n) is 3.79. The molecule has 0 aliphatic carbocycles. The molecule has 0 bridgehead atoms. The first-order valence-electron chi connectivity index (χ1n) is 5.17. The third kappa shape index (κ3) is 2.33. The molecule has 0 spiro atoms. The van der Waals surface area contributed by atoms with Crippen LogP contribution in [0.3, 0.4) is 0 Å². The Morgan fingerprint density at radius 3 is 2.56 bits per heavy atom. The molecule has 0 radical (unpaired) electrons. The van der Waals surface area contributed by atoms with Crippen molar-refractivity contribution < 1.29 is 0 Å². The van der Waals surface area contributed by atoms with Crippen LogP contribution in [0.2, 0.25) is 0 Å². The zero-order valence-electron chi connectivity index (χ0n) is 9.64. The Labute approximate surface area is 112 Å². The van der Waals surface area contributed by atoms with Gasteiger partial charge in [-0.1, -0.05) is 28.1 Å². The number of halogens is 1. The van der Waals surface area contributed by atoms with Crippen LogP contribution in [0.15, 0.2) is 39.6 Å². The van der Waals surface area contributed by atoms with Crippen LogP contribution in [0.4, 0.5) is 0 Å². The van der Waals surface area contributed by atoms with Crippen molar-refractivity contribution in [3.63, 3.8) is 0 Å². The number of hydrogen-bond donors (Lipinski definition) is 2. The van der Waals surface area contributed by atoms with Crippen molar-refractivity contribution in [3.05, 3.63) is 50.7 Å². The molecule has 1 aromatic carbocycles. The van der Waals surface area contributed by atoms with Crippen LogP contribution in [0.1, 0.15) is 5.56 Å². The molecule has 0 amide bonds. The maximum absolute atomic E-state index is 11.7. The molecule has 1 aromatic heterocycles. The highest BCUT2D eigenvalue weighted by atomic mass is 79.9. The Bertz CT molecular complexity index is 661. The lowest BCUT2D eigenvalue weighted by molar-refractivity contribution is 0.710. The lowest BCUT2D eigenvalue weighted by Gasteiger charge is -2.06. The molecule has 0 saturated heterocycles. The average molecular weight is 307 g/mol. The van der Waals surface area contributed by atoms with Crippen LogP contribution in [0, 0.1) is 5.41 Å². The Morgan fingerprint density at radius 2 is 2.00 bits per heavy atom. The van der Waals surface area contributed by atoms with Gasteiger partial charge in [0.15, 0.2) is 0 Å². The van der Waals surface area contributed by atoms with Crippen molar-refractivity contribution in [2.75, 3.05) is 0 Å². The van der Waals surface area contributed by atoms with E-state index in [-0.39, 0.29) is 17.0 Å². The van der Waals surface area contributed by atoms with Gasteiger partial charge in [-0.2, -0.15) is 5.10 Å². The number of rotatable bonds is 2. The summed E-state index contributed by atoms with van der Waals surface area (Å²) in [5.41, 5.74) is 6.64. The van der Waals surface area contributed by atoms with Crippen LogP contribution in [-0.4, -0.2) is 15.6 Å². The van der Waals surface area contributed by atoms with Crippen LogP contribution in [0.25, 0.3) is 11.3 Å². The van der Waals surface area contributed by atoms with Crippen LogP contribution >= 0.6 is 15.9 Å². The van der Waals surface area contributed by atoms with Gasteiger partial charge in [0, 0.05) is 17.1 Å². The lowest BCUT2D eigenvalue weighted by Crippen LogP contribution is -2.29. The molecule has 6 heteroatoms. The van der Waals surface area contributed by atoms with Gasteiger partial charge in [0.25, 0.3) is 5.56 Å². The van der Waals surface area contributed by atoms with E-state index in [1.165, 1.54) is 17.8 Å². The van der Waals surface area contributed by atoms with Crippen molar-refractivity contribution in [2.45, 2.75) is 0 Å². The van der Waals surface area contributed by atoms with Gasteiger partial charge in [0.05, 0.1) is 11.3 Å². The highest BCUT2D eigenvalue weighted by Crippen LogP contribution is 2.19. The van der Waals surface area contributed by atoms with Crippen molar-refractivity contribution in [1.29, 1.82) is 5.41 Å². The monoisotopic (exact) mass is 306 g/mol. The summed E-state index contributed by atoms with van der Waals surface area (Å²) in [6, 6.07) is 9.06. The second kappa shape index (κ2) is 4.73. The van der Waals surface area contributed by atoms with E-state index in [2.05, 4.69) is 21.0 Å². The number of nitrogens with zero attached hydrogens (tertiary/aromatic N) is 2. The van der Waals surface area contributed by atoms with E-state index < -0.39 is 0 Å². The molecule has 0 fully saturated rings. The smallest absolute Gasteiger partial charge is 0.277 e. The summed E-state index contributed by atoms with van der Waals surface area (Å²) in [6.07, 6.45) is 0. The average Bonchev–Trinajstić information content (AvgIpc) is 2.33. The van der Waals surface area contributed by atoms with E-state index in [9.17, 15) is 4.79 Å². The zero-order chi connectivity index (χ0) is 13.3. The normalized spacial score (nSPS) is 10.3. The molecule has 0 atom stereocenters. The van der Waals surface area contributed by atoms with Crippen molar-refractivity contribution in [1.82, 2.24) is 9.78 Å². The number of nitrogens with one attached hydrogen (secondary N) is 1. The fourth-order valence-electron chi connectivity index (χ4n) is 1.56. The molecular weight excluding hydrogens is 296 g/mol. The first-order chi connectivity index (χ1) is 8.49. The first kappa shape index (κ1) is 12.5. The SMILES string of the molecule is Cn1nc(-c2ccc(Br)cc2)cc(C(=N)N)c1=O. The third-order valence-corrected chi connectivity index (χ3v) is 3.02.